The van der Waals surface area contributed by atoms with Gasteiger partial charge in [0.1, 0.15) is 5.75 Å². The van der Waals surface area contributed by atoms with Crippen molar-refractivity contribution in [2.24, 2.45) is 0 Å². The van der Waals surface area contributed by atoms with Gasteiger partial charge in [0.25, 0.3) is 5.91 Å². The van der Waals surface area contributed by atoms with E-state index in [4.69, 9.17) is 16.3 Å². The first-order valence-corrected chi connectivity index (χ1v) is 6.74. The highest BCUT2D eigenvalue weighted by molar-refractivity contribution is 6.30. The summed E-state index contributed by atoms with van der Waals surface area (Å²) in [6.07, 6.45) is 5.06. The van der Waals surface area contributed by atoms with Crippen molar-refractivity contribution in [3.05, 3.63) is 28.8 Å². The first-order valence-electron chi connectivity index (χ1n) is 6.36. The first-order chi connectivity index (χ1) is 9.19. The molecule has 1 aromatic rings. The molecule has 1 N–H and O–H groups in total. The average molecular weight is 282 g/mol. The smallest absolute Gasteiger partial charge is 0.258 e. The van der Waals surface area contributed by atoms with Crippen molar-refractivity contribution in [1.82, 2.24) is 5.32 Å². The molecule has 1 saturated carbocycles. The number of aldehydes is 1. The molecule has 0 heterocycles. The van der Waals surface area contributed by atoms with Crippen LogP contribution in [0.5, 0.6) is 5.75 Å². The van der Waals surface area contributed by atoms with E-state index in [-0.39, 0.29) is 18.6 Å². The molecule has 19 heavy (non-hydrogen) atoms. The second kappa shape index (κ2) is 6.57. The minimum atomic E-state index is -0.154. The average Bonchev–Trinajstić information content (AvgIpc) is 2.90. The fourth-order valence-electron chi connectivity index (χ4n) is 2.23. The van der Waals surface area contributed by atoms with E-state index in [2.05, 4.69) is 5.32 Å². The normalized spacial score (nSPS) is 15.2. The van der Waals surface area contributed by atoms with Crippen LogP contribution < -0.4 is 10.1 Å². The molecule has 0 unspecified atom stereocenters. The standard InChI is InChI=1S/C14H16ClNO3/c15-11-5-6-13(10(7-11)8-17)19-9-14(18)16-12-3-1-2-4-12/h5-8,12H,1-4,9H2,(H,16,18). The third-order valence-corrected chi connectivity index (χ3v) is 3.41. The Kier molecular flexibility index (Phi) is 4.80. The Labute approximate surface area is 117 Å². The van der Waals surface area contributed by atoms with Gasteiger partial charge in [-0.05, 0) is 31.0 Å². The van der Waals surface area contributed by atoms with Crippen LogP contribution in [0.3, 0.4) is 0 Å². The zero-order chi connectivity index (χ0) is 13.7. The lowest BCUT2D eigenvalue weighted by Gasteiger charge is -2.13. The SMILES string of the molecule is O=Cc1cc(Cl)ccc1OCC(=O)NC1CCCC1. The van der Waals surface area contributed by atoms with Crippen molar-refractivity contribution in [3.8, 4) is 5.75 Å². The molecule has 102 valence electrons. The third-order valence-electron chi connectivity index (χ3n) is 3.18. The van der Waals surface area contributed by atoms with Crippen molar-refractivity contribution in [1.29, 1.82) is 0 Å². The van der Waals surface area contributed by atoms with Gasteiger partial charge in [-0.25, -0.2) is 0 Å². The largest absolute Gasteiger partial charge is 0.483 e. The number of carbonyl (C=O) groups is 2. The van der Waals surface area contributed by atoms with Crippen LogP contribution in [0.25, 0.3) is 0 Å². The minimum absolute atomic E-state index is 0.0844. The van der Waals surface area contributed by atoms with Crippen molar-refractivity contribution in [3.63, 3.8) is 0 Å². The van der Waals surface area contributed by atoms with Crippen LogP contribution in [-0.2, 0) is 4.79 Å². The molecule has 5 heteroatoms. The topological polar surface area (TPSA) is 55.4 Å². The summed E-state index contributed by atoms with van der Waals surface area (Å²) < 4.78 is 5.35. The van der Waals surface area contributed by atoms with Gasteiger partial charge in [-0.1, -0.05) is 24.4 Å². The lowest BCUT2D eigenvalue weighted by molar-refractivity contribution is -0.123. The van der Waals surface area contributed by atoms with Crippen LogP contribution in [0.15, 0.2) is 18.2 Å². The summed E-state index contributed by atoms with van der Waals surface area (Å²) in [6, 6.07) is 5.00. The molecule has 0 spiro atoms. The van der Waals surface area contributed by atoms with Gasteiger partial charge >= 0.3 is 0 Å². The number of ether oxygens (including phenoxy) is 1. The Bertz CT molecular complexity index is 470. The molecule has 0 aliphatic heterocycles. The van der Waals surface area contributed by atoms with Gasteiger partial charge in [-0.15, -0.1) is 0 Å². The van der Waals surface area contributed by atoms with Gasteiger partial charge in [-0.2, -0.15) is 0 Å². The number of hydrogen-bond donors (Lipinski definition) is 1. The molecule has 0 atom stereocenters. The number of rotatable bonds is 5. The minimum Gasteiger partial charge on any atom is -0.483 e. The van der Waals surface area contributed by atoms with E-state index < -0.39 is 0 Å². The first kappa shape index (κ1) is 13.9. The van der Waals surface area contributed by atoms with Crippen LogP contribution in [-0.4, -0.2) is 24.8 Å². The Hall–Kier alpha value is -1.55. The quantitative estimate of drug-likeness (QED) is 0.844. The monoisotopic (exact) mass is 281 g/mol. The number of nitrogens with one attached hydrogen (secondary N) is 1. The van der Waals surface area contributed by atoms with Gasteiger partial charge in [0.2, 0.25) is 0 Å². The molecule has 4 nitrogen and oxygen atoms in total. The Morgan fingerprint density at radius 1 is 1.42 bits per heavy atom. The second-order valence-corrected chi connectivity index (χ2v) is 5.07. The van der Waals surface area contributed by atoms with Gasteiger partial charge in [0.15, 0.2) is 12.9 Å². The van der Waals surface area contributed by atoms with Crippen molar-refractivity contribution < 1.29 is 14.3 Å². The van der Waals surface area contributed by atoms with Crippen LogP contribution >= 0.6 is 11.6 Å². The Balaban J connectivity index is 1.87. The molecule has 1 aromatic carbocycles. The number of benzene rings is 1. The predicted octanol–water partition coefficient (Wildman–Crippen LogP) is 2.59. The molecule has 0 aromatic heterocycles. The maximum atomic E-state index is 11.7. The van der Waals surface area contributed by atoms with E-state index in [0.29, 0.717) is 22.6 Å². The van der Waals surface area contributed by atoms with Crippen LogP contribution in [0.1, 0.15) is 36.0 Å². The molecular weight excluding hydrogens is 266 g/mol. The van der Waals surface area contributed by atoms with Gasteiger partial charge in [0, 0.05) is 11.1 Å². The Morgan fingerprint density at radius 3 is 2.84 bits per heavy atom. The van der Waals surface area contributed by atoms with Gasteiger partial charge < -0.3 is 10.1 Å². The molecule has 2 rings (SSSR count). The zero-order valence-electron chi connectivity index (χ0n) is 10.5. The molecule has 1 fully saturated rings. The maximum Gasteiger partial charge on any atom is 0.258 e. The molecule has 0 radical (unpaired) electrons. The molecule has 0 saturated heterocycles. The summed E-state index contributed by atoms with van der Waals surface area (Å²) in [5.74, 6) is 0.222. The molecular formula is C14H16ClNO3. The fraction of sp³-hybridized carbons (Fsp3) is 0.429. The van der Waals surface area contributed by atoms with Crippen LogP contribution in [0.2, 0.25) is 5.02 Å². The van der Waals surface area contributed by atoms with Crippen molar-refractivity contribution in [2.75, 3.05) is 6.61 Å². The van der Waals surface area contributed by atoms with E-state index in [0.717, 1.165) is 25.7 Å². The van der Waals surface area contributed by atoms with Crippen molar-refractivity contribution >= 4 is 23.8 Å². The van der Waals surface area contributed by atoms with Gasteiger partial charge in [-0.3, -0.25) is 9.59 Å². The molecule has 1 amide bonds. The molecule has 1 aliphatic rings. The summed E-state index contributed by atoms with van der Waals surface area (Å²) >= 11 is 5.78. The van der Waals surface area contributed by atoms with E-state index in [9.17, 15) is 9.59 Å². The number of halogens is 1. The summed E-state index contributed by atoms with van der Waals surface area (Å²) in [5.41, 5.74) is 0.348. The third kappa shape index (κ3) is 3.96. The lowest BCUT2D eigenvalue weighted by Crippen LogP contribution is -2.36. The lowest BCUT2D eigenvalue weighted by atomic mass is 10.2. The van der Waals surface area contributed by atoms with E-state index in [1.54, 1.807) is 12.1 Å². The number of amides is 1. The van der Waals surface area contributed by atoms with Crippen molar-refractivity contribution in [2.45, 2.75) is 31.7 Å². The summed E-state index contributed by atoms with van der Waals surface area (Å²) in [4.78, 5) is 22.6. The summed E-state index contributed by atoms with van der Waals surface area (Å²) in [6.45, 7) is -0.0844. The molecule has 0 bridgehead atoms. The number of hydrogen-bond acceptors (Lipinski definition) is 3. The number of carbonyl (C=O) groups excluding carboxylic acids is 2. The van der Waals surface area contributed by atoms with Crippen LogP contribution in [0, 0.1) is 0 Å². The summed E-state index contributed by atoms with van der Waals surface area (Å²) in [5, 5.41) is 3.38. The predicted molar refractivity (Wildman–Crippen MR) is 72.7 cm³/mol. The summed E-state index contributed by atoms with van der Waals surface area (Å²) in [7, 11) is 0. The van der Waals surface area contributed by atoms with E-state index in [1.807, 2.05) is 0 Å². The Morgan fingerprint density at radius 2 is 2.16 bits per heavy atom. The maximum absolute atomic E-state index is 11.7. The highest BCUT2D eigenvalue weighted by Crippen LogP contribution is 2.21. The highest BCUT2D eigenvalue weighted by atomic mass is 35.5. The van der Waals surface area contributed by atoms with E-state index in [1.165, 1.54) is 6.07 Å². The molecule has 1 aliphatic carbocycles. The van der Waals surface area contributed by atoms with Crippen LogP contribution in [0.4, 0.5) is 0 Å². The second-order valence-electron chi connectivity index (χ2n) is 4.64. The highest BCUT2D eigenvalue weighted by Gasteiger charge is 2.17. The zero-order valence-corrected chi connectivity index (χ0v) is 11.3. The van der Waals surface area contributed by atoms with E-state index >= 15 is 0 Å². The fourth-order valence-corrected chi connectivity index (χ4v) is 2.41. The van der Waals surface area contributed by atoms with Gasteiger partial charge in [0.05, 0.1) is 5.56 Å².